The fourth-order valence-electron chi connectivity index (χ4n) is 3.76. The number of nitro groups is 1. The van der Waals surface area contributed by atoms with Crippen molar-refractivity contribution >= 4 is 44.8 Å². The highest BCUT2D eigenvalue weighted by molar-refractivity contribution is 7.92. The van der Waals surface area contributed by atoms with Crippen LogP contribution in [0.1, 0.15) is 45.2 Å². The molecule has 2 rings (SSSR count). The molecule has 0 bridgehead atoms. The van der Waals surface area contributed by atoms with Crippen LogP contribution in [0.2, 0.25) is 5.02 Å². The van der Waals surface area contributed by atoms with Gasteiger partial charge in [-0.25, -0.2) is 8.42 Å². The molecule has 10 nitrogen and oxygen atoms in total. The minimum atomic E-state index is -4.04. The zero-order valence-corrected chi connectivity index (χ0v) is 23.4. The summed E-state index contributed by atoms with van der Waals surface area (Å²) in [5.74, 6) is -1.06. The molecular weight excluding hydrogens is 520 g/mol. The molecule has 0 aliphatic rings. The summed E-state index contributed by atoms with van der Waals surface area (Å²) in [7, 11) is -4.04. The molecule has 0 aromatic heterocycles. The number of halogens is 1. The maximum atomic E-state index is 13.8. The van der Waals surface area contributed by atoms with Crippen LogP contribution in [0.25, 0.3) is 0 Å². The van der Waals surface area contributed by atoms with Crippen LogP contribution in [0.3, 0.4) is 0 Å². The van der Waals surface area contributed by atoms with Crippen molar-refractivity contribution in [2.75, 3.05) is 17.1 Å². The number of sulfonamides is 1. The molecule has 2 aromatic carbocycles. The van der Waals surface area contributed by atoms with Gasteiger partial charge in [0.1, 0.15) is 12.6 Å². The van der Waals surface area contributed by atoms with Gasteiger partial charge in [0.05, 0.1) is 16.9 Å². The summed E-state index contributed by atoms with van der Waals surface area (Å²) >= 11 is 6.34. The number of benzene rings is 2. The Hall–Kier alpha value is -3.18. The lowest BCUT2D eigenvalue weighted by molar-refractivity contribution is -0.384. The lowest BCUT2D eigenvalue weighted by Gasteiger charge is -2.34. The second-order valence-electron chi connectivity index (χ2n) is 9.77. The molecule has 0 aliphatic carbocycles. The molecule has 1 N–H and O–H groups in total. The van der Waals surface area contributed by atoms with Crippen LogP contribution < -0.4 is 9.62 Å². The number of carbonyl (C=O) groups is 2. The Bertz CT molecular complexity index is 1280. The molecule has 2 amide bonds. The van der Waals surface area contributed by atoms with E-state index >= 15 is 0 Å². The molecule has 0 spiro atoms. The number of nitrogens with one attached hydrogen (secondary N) is 1. The average Bonchev–Trinajstić information content (AvgIpc) is 2.77. The maximum absolute atomic E-state index is 13.8. The minimum Gasteiger partial charge on any atom is -0.350 e. The molecule has 2 aromatic rings. The first-order valence-corrected chi connectivity index (χ1v) is 13.9. The third kappa shape index (κ3) is 8.16. The number of hydrogen-bond donors (Lipinski definition) is 1. The quantitative estimate of drug-likeness (QED) is 0.349. The van der Waals surface area contributed by atoms with Crippen molar-refractivity contribution in [1.82, 2.24) is 10.2 Å². The first kappa shape index (κ1) is 30.0. The van der Waals surface area contributed by atoms with E-state index in [4.69, 9.17) is 11.6 Å². The zero-order chi connectivity index (χ0) is 28.1. The van der Waals surface area contributed by atoms with Crippen LogP contribution in [-0.2, 0) is 26.2 Å². The molecule has 0 fully saturated rings. The number of nitro benzene ring substituents is 1. The molecule has 0 unspecified atom stereocenters. The summed E-state index contributed by atoms with van der Waals surface area (Å²) < 4.78 is 26.4. The van der Waals surface area contributed by atoms with Gasteiger partial charge >= 0.3 is 0 Å². The molecule has 0 saturated carbocycles. The summed E-state index contributed by atoms with van der Waals surface area (Å²) in [6.45, 7) is 8.08. The van der Waals surface area contributed by atoms with Crippen molar-refractivity contribution < 1.29 is 22.9 Å². The molecule has 0 aliphatic heterocycles. The average molecular weight is 553 g/mol. The number of rotatable bonds is 10. The first-order chi connectivity index (χ1) is 17.0. The Morgan fingerprint density at radius 1 is 1.16 bits per heavy atom. The summed E-state index contributed by atoms with van der Waals surface area (Å²) in [6.07, 6.45) is 1.17. The van der Waals surface area contributed by atoms with Crippen molar-refractivity contribution in [1.29, 1.82) is 0 Å². The largest absolute Gasteiger partial charge is 0.350 e. The van der Waals surface area contributed by atoms with Gasteiger partial charge in [0.2, 0.25) is 21.8 Å². The van der Waals surface area contributed by atoms with E-state index in [-0.39, 0.29) is 24.3 Å². The second kappa shape index (κ2) is 11.9. The number of carbonyl (C=O) groups excluding carboxylic acids is 2. The number of non-ortho nitro benzene ring substituents is 1. The van der Waals surface area contributed by atoms with E-state index in [2.05, 4.69) is 5.32 Å². The SMILES string of the molecule is CC[C@H](C(=O)NC(C)(C)C)N(Cc1ccccc1Cl)C(=O)CN(c1cc([N+](=O)[O-])ccc1C)S(C)(=O)=O. The van der Waals surface area contributed by atoms with Crippen LogP contribution in [0.15, 0.2) is 42.5 Å². The third-order valence-electron chi connectivity index (χ3n) is 5.53. The summed E-state index contributed by atoms with van der Waals surface area (Å²) in [4.78, 5) is 38.9. The number of amides is 2. The number of aryl methyl sites for hydroxylation is 1. The zero-order valence-electron chi connectivity index (χ0n) is 21.8. The van der Waals surface area contributed by atoms with Gasteiger partial charge in [-0.2, -0.15) is 0 Å². The monoisotopic (exact) mass is 552 g/mol. The van der Waals surface area contributed by atoms with Crippen molar-refractivity contribution in [2.45, 2.75) is 59.2 Å². The predicted molar refractivity (Wildman–Crippen MR) is 144 cm³/mol. The Kier molecular flexibility index (Phi) is 9.67. The van der Waals surface area contributed by atoms with Gasteiger partial charge in [0, 0.05) is 29.2 Å². The highest BCUT2D eigenvalue weighted by atomic mass is 35.5. The van der Waals surface area contributed by atoms with E-state index in [1.54, 1.807) is 38.1 Å². The molecular formula is C25H33ClN4O6S. The van der Waals surface area contributed by atoms with Gasteiger partial charge in [-0.3, -0.25) is 24.0 Å². The second-order valence-corrected chi connectivity index (χ2v) is 12.1. The lowest BCUT2D eigenvalue weighted by Crippen LogP contribution is -2.55. The van der Waals surface area contributed by atoms with Crippen molar-refractivity contribution in [3.05, 3.63) is 68.7 Å². The molecule has 0 radical (unpaired) electrons. The Morgan fingerprint density at radius 3 is 2.30 bits per heavy atom. The van der Waals surface area contributed by atoms with Gasteiger partial charge in [0.15, 0.2) is 0 Å². The Labute approximate surface area is 222 Å². The normalized spacial score (nSPS) is 12.5. The van der Waals surface area contributed by atoms with E-state index in [1.807, 2.05) is 20.8 Å². The van der Waals surface area contributed by atoms with Crippen molar-refractivity contribution in [3.8, 4) is 0 Å². The molecule has 202 valence electrons. The summed E-state index contributed by atoms with van der Waals surface area (Å²) in [5, 5.41) is 14.6. The van der Waals surface area contributed by atoms with Crippen molar-refractivity contribution in [3.63, 3.8) is 0 Å². The van der Waals surface area contributed by atoms with Crippen LogP contribution in [-0.4, -0.2) is 54.4 Å². The minimum absolute atomic E-state index is 0.00920. The van der Waals surface area contributed by atoms with Crippen LogP contribution in [0.5, 0.6) is 0 Å². The first-order valence-electron chi connectivity index (χ1n) is 11.6. The number of hydrogen-bond acceptors (Lipinski definition) is 6. The third-order valence-corrected chi connectivity index (χ3v) is 7.03. The summed E-state index contributed by atoms with van der Waals surface area (Å²) in [5.41, 5.74) is 0.138. The van der Waals surface area contributed by atoms with E-state index in [9.17, 15) is 28.1 Å². The van der Waals surface area contributed by atoms with E-state index in [1.165, 1.54) is 17.0 Å². The smallest absolute Gasteiger partial charge is 0.271 e. The summed E-state index contributed by atoms with van der Waals surface area (Å²) in [6, 6.07) is 9.73. The number of anilines is 1. The molecule has 0 heterocycles. The van der Waals surface area contributed by atoms with Crippen molar-refractivity contribution in [2.24, 2.45) is 0 Å². The molecule has 0 saturated heterocycles. The highest BCUT2D eigenvalue weighted by Gasteiger charge is 2.34. The van der Waals surface area contributed by atoms with Crippen LogP contribution in [0.4, 0.5) is 11.4 Å². The molecule has 1 atom stereocenters. The molecule has 37 heavy (non-hydrogen) atoms. The Morgan fingerprint density at radius 2 is 1.78 bits per heavy atom. The fraction of sp³-hybridized carbons (Fsp3) is 0.440. The standard InChI is InChI=1S/C25H33ClN4O6S/c1-7-21(24(32)27-25(3,4)5)28(15-18-10-8-9-11-20(18)26)23(31)16-29(37(6,35)36)22-14-19(30(33)34)13-12-17(22)2/h8-14,21H,7,15-16H2,1-6H3,(H,27,32)/t21-/m1/s1. The maximum Gasteiger partial charge on any atom is 0.271 e. The molecule has 12 heteroatoms. The van der Waals surface area contributed by atoms with Crippen LogP contribution >= 0.6 is 11.6 Å². The van der Waals surface area contributed by atoms with Gasteiger partial charge in [-0.15, -0.1) is 0 Å². The topological polar surface area (TPSA) is 130 Å². The van der Waals surface area contributed by atoms with Gasteiger partial charge in [-0.1, -0.05) is 42.8 Å². The van der Waals surface area contributed by atoms with E-state index in [0.29, 0.717) is 16.1 Å². The number of nitrogens with zero attached hydrogens (tertiary/aromatic N) is 3. The predicted octanol–water partition coefficient (Wildman–Crippen LogP) is 4.04. The van der Waals surface area contributed by atoms with Crippen LogP contribution in [0, 0.1) is 17.0 Å². The fourth-order valence-corrected chi connectivity index (χ4v) is 4.85. The van der Waals surface area contributed by atoms with Gasteiger partial charge in [0.25, 0.3) is 5.69 Å². The highest BCUT2D eigenvalue weighted by Crippen LogP contribution is 2.28. The van der Waals surface area contributed by atoms with E-state index < -0.39 is 44.9 Å². The lowest BCUT2D eigenvalue weighted by atomic mass is 10.1. The van der Waals surface area contributed by atoms with Gasteiger partial charge in [-0.05, 0) is 51.3 Å². The van der Waals surface area contributed by atoms with E-state index in [0.717, 1.165) is 16.6 Å². The Balaban J connectivity index is 2.56. The van der Waals surface area contributed by atoms with Gasteiger partial charge < -0.3 is 10.2 Å².